The van der Waals surface area contributed by atoms with E-state index in [1.807, 2.05) is 58.9 Å². The van der Waals surface area contributed by atoms with Crippen LogP contribution in [0.3, 0.4) is 0 Å². The van der Waals surface area contributed by atoms with Crippen LogP contribution in [0.2, 0.25) is 0 Å². The monoisotopic (exact) mass is 317 g/mol. The Balaban J connectivity index is 2.05. The third-order valence-corrected chi connectivity index (χ3v) is 4.33. The first-order valence-corrected chi connectivity index (χ1v) is 8.47. The van der Waals surface area contributed by atoms with Gasteiger partial charge in [0.1, 0.15) is 0 Å². The maximum absolute atomic E-state index is 12.1. The maximum atomic E-state index is 12.1. The molecule has 0 fully saturated rings. The van der Waals surface area contributed by atoms with Gasteiger partial charge in [-0.05, 0) is 46.8 Å². The summed E-state index contributed by atoms with van der Waals surface area (Å²) in [6.45, 7) is 9.86. The fraction of sp³-hybridized carbons (Fsp3) is 0.471. The predicted octanol–water partition coefficient (Wildman–Crippen LogP) is 3.47. The number of carbonyl (C=O) groups is 1. The largest absolute Gasteiger partial charge is 0.351 e. The van der Waals surface area contributed by atoms with Crippen LogP contribution in [0.1, 0.15) is 39.1 Å². The molecule has 4 nitrogen and oxygen atoms in total. The molecule has 5 heteroatoms. The molecule has 0 radical (unpaired) electrons. The molecule has 1 aromatic heterocycles. The van der Waals surface area contributed by atoms with Gasteiger partial charge in [0.15, 0.2) is 0 Å². The Bertz CT molecular complexity index is 679. The van der Waals surface area contributed by atoms with Crippen LogP contribution in [0.15, 0.2) is 24.3 Å². The molecule has 0 spiro atoms. The molecule has 0 bridgehead atoms. The quantitative estimate of drug-likeness (QED) is 0.938. The first-order valence-electron chi connectivity index (χ1n) is 7.42. The normalized spacial score (nSPS) is 13.1. The number of hydrogen-bond donors (Lipinski definition) is 1. The lowest BCUT2D eigenvalue weighted by molar-refractivity contribution is -0.121. The topological polar surface area (TPSA) is 54.9 Å². The average molecular weight is 317 g/mol. The van der Waals surface area contributed by atoms with E-state index in [1.54, 1.807) is 11.8 Å². The molecule has 118 valence electrons. The van der Waals surface area contributed by atoms with Gasteiger partial charge in [-0.2, -0.15) is 0 Å². The van der Waals surface area contributed by atoms with Gasteiger partial charge in [-0.25, -0.2) is 9.97 Å². The van der Waals surface area contributed by atoms with E-state index in [9.17, 15) is 4.79 Å². The van der Waals surface area contributed by atoms with Crippen LogP contribution in [0.4, 0.5) is 0 Å². The third-order valence-electron chi connectivity index (χ3n) is 3.18. The summed E-state index contributed by atoms with van der Waals surface area (Å²) < 4.78 is 0. The predicted molar refractivity (Wildman–Crippen MR) is 92.9 cm³/mol. The van der Waals surface area contributed by atoms with Gasteiger partial charge < -0.3 is 5.32 Å². The van der Waals surface area contributed by atoms with Crippen molar-refractivity contribution in [2.24, 2.45) is 0 Å². The number of benzene rings is 1. The number of thioether (sulfide) groups is 1. The van der Waals surface area contributed by atoms with Crippen molar-refractivity contribution in [3.63, 3.8) is 0 Å². The molecule has 0 saturated heterocycles. The zero-order valence-corrected chi connectivity index (χ0v) is 14.6. The third kappa shape index (κ3) is 4.44. The van der Waals surface area contributed by atoms with Crippen LogP contribution >= 0.6 is 11.8 Å². The van der Waals surface area contributed by atoms with E-state index < -0.39 is 0 Å². The first kappa shape index (κ1) is 16.7. The average Bonchev–Trinajstić information content (AvgIpc) is 2.42. The molecule has 22 heavy (non-hydrogen) atoms. The second-order valence-electron chi connectivity index (χ2n) is 6.44. The number of hydrogen-bond acceptors (Lipinski definition) is 4. The van der Waals surface area contributed by atoms with Crippen LogP contribution in [0, 0.1) is 6.92 Å². The Morgan fingerprint density at radius 1 is 1.23 bits per heavy atom. The van der Waals surface area contributed by atoms with Crippen molar-refractivity contribution < 1.29 is 4.79 Å². The minimum absolute atomic E-state index is 0.0592. The van der Waals surface area contributed by atoms with Crippen molar-refractivity contribution in [2.45, 2.75) is 51.2 Å². The number of amides is 1. The van der Waals surface area contributed by atoms with Crippen LogP contribution < -0.4 is 5.32 Å². The Labute approximate surface area is 136 Å². The Hall–Kier alpha value is -1.62. The van der Waals surface area contributed by atoms with Crippen LogP contribution in [-0.4, -0.2) is 26.7 Å². The standard InChI is InChI=1S/C17H23N3OS/c1-11-15(19-14-9-7-6-8-13(14)18-11)10-22-12(2)16(21)20-17(3,4)5/h6-9,12H,10H2,1-5H3,(H,20,21)/t12-/m0/s1. The highest BCUT2D eigenvalue weighted by Crippen LogP contribution is 2.21. The number of aromatic nitrogens is 2. The zero-order chi connectivity index (χ0) is 16.3. The molecular weight excluding hydrogens is 294 g/mol. The number of nitrogens with one attached hydrogen (secondary N) is 1. The summed E-state index contributed by atoms with van der Waals surface area (Å²) in [5.41, 5.74) is 3.47. The smallest absolute Gasteiger partial charge is 0.233 e. The summed E-state index contributed by atoms with van der Waals surface area (Å²) in [5.74, 6) is 0.742. The van der Waals surface area contributed by atoms with Crippen LogP contribution in [-0.2, 0) is 10.5 Å². The fourth-order valence-corrected chi connectivity index (χ4v) is 2.90. The number of carbonyl (C=O) groups excluding carboxylic acids is 1. The molecule has 0 aliphatic rings. The summed E-state index contributed by atoms with van der Waals surface area (Å²) in [5, 5.41) is 2.88. The second-order valence-corrected chi connectivity index (χ2v) is 7.77. The highest BCUT2D eigenvalue weighted by atomic mass is 32.2. The van der Waals surface area contributed by atoms with Gasteiger partial charge >= 0.3 is 0 Å². The minimum Gasteiger partial charge on any atom is -0.351 e. The Morgan fingerprint density at radius 2 is 1.82 bits per heavy atom. The Morgan fingerprint density at radius 3 is 2.41 bits per heavy atom. The van der Waals surface area contributed by atoms with E-state index in [0.717, 1.165) is 22.4 Å². The first-order chi connectivity index (χ1) is 10.3. The fourth-order valence-electron chi connectivity index (χ4n) is 2.01. The van der Waals surface area contributed by atoms with Gasteiger partial charge in [-0.1, -0.05) is 12.1 Å². The lowest BCUT2D eigenvalue weighted by Gasteiger charge is -2.23. The molecular formula is C17H23N3OS. The number of fused-ring (bicyclic) bond motifs is 1. The second kappa shape index (κ2) is 6.65. The van der Waals surface area contributed by atoms with Crippen molar-refractivity contribution in [2.75, 3.05) is 0 Å². The molecule has 1 aromatic carbocycles. The van der Waals surface area contributed by atoms with Gasteiger partial charge in [0.05, 0.1) is 27.7 Å². The molecule has 0 unspecified atom stereocenters. The van der Waals surface area contributed by atoms with E-state index in [1.165, 1.54) is 0 Å². The van der Waals surface area contributed by atoms with Gasteiger partial charge in [0.25, 0.3) is 0 Å². The molecule has 2 rings (SSSR count). The molecule has 0 aliphatic carbocycles. The van der Waals surface area contributed by atoms with Crippen molar-refractivity contribution >= 4 is 28.7 Å². The number of rotatable bonds is 4. The van der Waals surface area contributed by atoms with Gasteiger partial charge in [0.2, 0.25) is 5.91 Å². The summed E-state index contributed by atoms with van der Waals surface area (Å²) in [4.78, 5) is 21.4. The van der Waals surface area contributed by atoms with Crippen LogP contribution in [0.25, 0.3) is 11.0 Å². The van der Waals surface area contributed by atoms with Crippen LogP contribution in [0.5, 0.6) is 0 Å². The number of aryl methyl sites for hydroxylation is 1. The van der Waals surface area contributed by atoms with Crippen molar-refractivity contribution in [3.8, 4) is 0 Å². The SMILES string of the molecule is Cc1nc2ccccc2nc1CS[C@@H](C)C(=O)NC(C)(C)C. The van der Waals surface area contributed by atoms with E-state index in [0.29, 0.717) is 5.75 Å². The maximum Gasteiger partial charge on any atom is 0.233 e. The molecule has 1 atom stereocenters. The van der Waals surface area contributed by atoms with Gasteiger partial charge in [0, 0.05) is 11.3 Å². The highest BCUT2D eigenvalue weighted by Gasteiger charge is 2.20. The lowest BCUT2D eigenvalue weighted by Crippen LogP contribution is -2.44. The number of para-hydroxylation sites is 2. The van der Waals surface area contributed by atoms with Gasteiger partial charge in [-0.3, -0.25) is 4.79 Å². The van der Waals surface area contributed by atoms with Crippen molar-refractivity contribution in [1.82, 2.24) is 15.3 Å². The van der Waals surface area contributed by atoms with Crippen molar-refractivity contribution in [3.05, 3.63) is 35.7 Å². The summed E-state index contributed by atoms with van der Waals surface area (Å²) in [6, 6.07) is 7.85. The zero-order valence-electron chi connectivity index (χ0n) is 13.8. The van der Waals surface area contributed by atoms with E-state index in [4.69, 9.17) is 0 Å². The molecule has 1 N–H and O–H groups in total. The lowest BCUT2D eigenvalue weighted by atomic mass is 10.1. The summed E-state index contributed by atoms with van der Waals surface area (Å²) >= 11 is 1.59. The summed E-state index contributed by atoms with van der Waals surface area (Å²) in [7, 11) is 0. The van der Waals surface area contributed by atoms with E-state index in [-0.39, 0.29) is 16.7 Å². The molecule has 1 heterocycles. The van der Waals surface area contributed by atoms with Gasteiger partial charge in [-0.15, -0.1) is 11.8 Å². The number of nitrogens with zero attached hydrogens (tertiary/aromatic N) is 2. The minimum atomic E-state index is -0.204. The molecule has 2 aromatic rings. The Kier molecular flexibility index (Phi) is 5.06. The van der Waals surface area contributed by atoms with E-state index in [2.05, 4.69) is 15.3 Å². The summed E-state index contributed by atoms with van der Waals surface area (Å²) in [6.07, 6.45) is 0. The molecule has 0 aliphatic heterocycles. The molecule has 1 amide bonds. The molecule has 0 saturated carbocycles. The van der Waals surface area contributed by atoms with E-state index >= 15 is 0 Å². The van der Waals surface area contributed by atoms with Crippen molar-refractivity contribution in [1.29, 1.82) is 0 Å². The highest BCUT2D eigenvalue weighted by molar-refractivity contribution is 7.99.